The molecule has 5 heteroatoms. The predicted octanol–water partition coefficient (Wildman–Crippen LogP) is 2.28. The van der Waals surface area contributed by atoms with E-state index < -0.39 is 0 Å². The summed E-state index contributed by atoms with van der Waals surface area (Å²) in [6.07, 6.45) is 3.01. The highest BCUT2D eigenvalue weighted by molar-refractivity contribution is 5.90. The number of rotatable bonds is 1. The first-order valence-corrected chi connectivity index (χ1v) is 8.79. The zero-order valence-corrected chi connectivity index (χ0v) is 14.0. The molecule has 1 aliphatic heterocycles. The van der Waals surface area contributed by atoms with Gasteiger partial charge in [-0.15, -0.1) is 0 Å². The quantitative estimate of drug-likeness (QED) is 0.874. The summed E-state index contributed by atoms with van der Waals surface area (Å²) >= 11 is 0. The first-order chi connectivity index (χ1) is 11.6. The van der Waals surface area contributed by atoms with Crippen molar-refractivity contribution in [2.24, 2.45) is 0 Å². The number of carbonyl (C=O) groups excluding carboxylic acids is 2. The van der Waals surface area contributed by atoms with Gasteiger partial charge in [-0.3, -0.25) is 9.59 Å². The van der Waals surface area contributed by atoms with E-state index in [9.17, 15) is 9.59 Å². The van der Waals surface area contributed by atoms with Crippen LogP contribution in [-0.4, -0.2) is 52.8 Å². The first-order valence-electron chi connectivity index (χ1n) is 8.79. The van der Waals surface area contributed by atoms with E-state index in [1.54, 1.807) is 6.92 Å². The van der Waals surface area contributed by atoms with Gasteiger partial charge in [0.25, 0.3) is 0 Å². The second-order valence-electron chi connectivity index (χ2n) is 6.84. The number of nitrogens with zero attached hydrogens (tertiary/aromatic N) is 2. The topological polar surface area (TPSA) is 56.4 Å². The van der Waals surface area contributed by atoms with E-state index >= 15 is 0 Å². The van der Waals surface area contributed by atoms with E-state index in [-0.39, 0.29) is 17.7 Å². The summed E-state index contributed by atoms with van der Waals surface area (Å²) in [5.74, 6) is 0.244. The molecule has 0 saturated carbocycles. The van der Waals surface area contributed by atoms with Crippen LogP contribution in [0.3, 0.4) is 0 Å². The van der Waals surface area contributed by atoms with Crippen molar-refractivity contribution in [1.82, 2.24) is 14.8 Å². The number of carbonyl (C=O) groups is 2. The minimum Gasteiger partial charge on any atom is -0.357 e. The molecule has 1 N–H and O–H groups in total. The molecule has 1 fully saturated rings. The van der Waals surface area contributed by atoms with Gasteiger partial charge in [0.1, 0.15) is 0 Å². The molecule has 1 saturated heterocycles. The van der Waals surface area contributed by atoms with E-state index in [0.29, 0.717) is 26.2 Å². The predicted molar refractivity (Wildman–Crippen MR) is 92.8 cm³/mol. The minimum atomic E-state index is -0.0648. The Labute approximate surface area is 141 Å². The smallest absolute Gasteiger partial charge is 0.231 e. The number of hydrogen-bond acceptors (Lipinski definition) is 2. The normalized spacial score (nSPS) is 21.0. The highest BCUT2D eigenvalue weighted by Crippen LogP contribution is 2.37. The molecule has 2 aromatic rings. The van der Waals surface area contributed by atoms with Crippen LogP contribution in [0.2, 0.25) is 0 Å². The summed E-state index contributed by atoms with van der Waals surface area (Å²) in [7, 11) is 0. The van der Waals surface area contributed by atoms with Crippen molar-refractivity contribution in [2.45, 2.75) is 32.1 Å². The molecule has 126 valence electrons. The Bertz CT molecular complexity index is 787. The fourth-order valence-corrected chi connectivity index (χ4v) is 4.12. The van der Waals surface area contributed by atoms with Crippen LogP contribution < -0.4 is 0 Å². The summed E-state index contributed by atoms with van der Waals surface area (Å²) in [5, 5.41) is 1.26. The molecule has 1 aromatic carbocycles. The monoisotopic (exact) mass is 325 g/mol. The van der Waals surface area contributed by atoms with Crippen LogP contribution in [0.4, 0.5) is 0 Å². The molecule has 0 radical (unpaired) electrons. The van der Waals surface area contributed by atoms with Gasteiger partial charge in [-0.2, -0.15) is 0 Å². The van der Waals surface area contributed by atoms with Gasteiger partial charge in [0, 0.05) is 49.7 Å². The lowest BCUT2D eigenvalue weighted by atomic mass is 9.85. The summed E-state index contributed by atoms with van der Waals surface area (Å²) in [4.78, 5) is 31.8. The molecule has 2 aliphatic rings. The Morgan fingerprint density at radius 1 is 1.08 bits per heavy atom. The van der Waals surface area contributed by atoms with Crippen LogP contribution in [0.1, 0.15) is 36.9 Å². The molecule has 2 heterocycles. The van der Waals surface area contributed by atoms with Gasteiger partial charge in [0.15, 0.2) is 0 Å². The van der Waals surface area contributed by atoms with Crippen LogP contribution in [0.25, 0.3) is 10.9 Å². The third-order valence-electron chi connectivity index (χ3n) is 5.45. The summed E-state index contributed by atoms with van der Waals surface area (Å²) in [6.45, 7) is 4.17. The summed E-state index contributed by atoms with van der Waals surface area (Å²) in [6, 6.07) is 8.31. The standard InChI is InChI=1S/C19H23N3O2/c1-13(23)21-9-11-22(12-10-21)19(24)16-7-4-6-15-14-5-2-3-8-17(14)20-18(15)16/h2-3,5,8,16,20H,4,6-7,9-12H2,1H3/t16-/m1/s1. The largest absolute Gasteiger partial charge is 0.357 e. The maximum atomic E-state index is 13.1. The van der Waals surface area contributed by atoms with E-state index in [1.807, 2.05) is 15.9 Å². The van der Waals surface area contributed by atoms with E-state index in [0.717, 1.165) is 30.5 Å². The van der Waals surface area contributed by atoms with Gasteiger partial charge < -0.3 is 14.8 Å². The number of amides is 2. The average Bonchev–Trinajstić information content (AvgIpc) is 3.00. The Kier molecular flexibility index (Phi) is 3.79. The third kappa shape index (κ3) is 2.48. The number of hydrogen-bond donors (Lipinski definition) is 1. The van der Waals surface area contributed by atoms with Crippen molar-refractivity contribution in [3.8, 4) is 0 Å². The van der Waals surface area contributed by atoms with Crippen molar-refractivity contribution in [3.05, 3.63) is 35.5 Å². The number of benzene rings is 1. The number of aromatic nitrogens is 1. The molecule has 0 spiro atoms. The molecule has 4 rings (SSSR count). The maximum Gasteiger partial charge on any atom is 0.231 e. The lowest BCUT2D eigenvalue weighted by molar-refractivity contribution is -0.139. The number of nitrogens with one attached hydrogen (secondary N) is 1. The van der Waals surface area contributed by atoms with Crippen molar-refractivity contribution < 1.29 is 9.59 Å². The third-order valence-corrected chi connectivity index (χ3v) is 5.45. The lowest BCUT2D eigenvalue weighted by Crippen LogP contribution is -2.51. The lowest BCUT2D eigenvalue weighted by Gasteiger charge is -2.36. The van der Waals surface area contributed by atoms with E-state index in [4.69, 9.17) is 0 Å². The first kappa shape index (κ1) is 15.2. The number of H-pyrrole nitrogens is 1. The second-order valence-corrected chi connectivity index (χ2v) is 6.84. The van der Waals surface area contributed by atoms with E-state index in [1.165, 1.54) is 10.9 Å². The fourth-order valence-electron chi connectivity index (χ4n) is 4.12. The van der Waals surface area contributed by atoms with Crippen LogP contribution in [0.5, 0.6) is 0 Å². The molecule has 0 unspecified atom stereocenters. The SMILES string of the molecule is CC(=O)N1CCN(C(=O)[C@@H]2CCCc3c2[nH]c2ccccc32)CC1. The average molecular weight is 325 g/mol. The summed E-state index contributed by atoms with van der Waals surface area (Å²) < 4.78 is 0. The molecule has 0 bridgehead atoms. The Morgan fingerprint density at radius 2 is 1.79 bits per heavy atom. The van der Waals surface area contributed by atoms with Crippen molar-refractivity contribution >= 4 is 22.7 Å². The molecule has 1 atom stereocenters. The number of aryl methyl sites for hydroxylation is 1. The zero-order valence-electron chi connectivity index (χ0n) is 14.0. The number of fused-ring (bicyclic) bond motifs is 3. The second kappa shape index (κ2) is 5.96. The van der Waals surface area contributed by atoms with Gasteiger partial charge in [0.05, 0.1) is 5.92 Å². The highest BCUT2D eigenvalue weighted by Gasteiger charge is 2.33. The van der Waals surface area contributed by atoms with Gasteiger partial charge in [-0.1, -0.05) is 18.2 Å². The Hall–Kier alpha value is -2.30. The van der Waals surface area contributed by atoms with Gasteiger partial charge in [-0.05, 0) is 30.9 Å². The van der Waals surface area contributed by atoms with Crippen molar-refractivity contribution in [3.63, 3.8) is 0 Å². The van der Waals surface area contributed by atoms with Crippen molar-refractivity contribution in [1.29, 1.82) is 0 Å². The summed E-state index contributed by atoms with van der Waals surface area (Å²) in [5.41, 5.74) is 3.56. The number of aromatic amines is 1. The van der Waals surface area contributed by atoms with Crippen LogP contribution in [0.15, 0.2) is 24.3 Å². The Morgan fingerprint density at radius 3 is 2.54 bits per heavy atom. The van der Waals surface area contributed by atoms with Crippen molar-refractivity contribution in [2.75, 3.05) is 26.2 Å². The fraction of sp³-hybridized carbons (Fsp3) is 0.474. The molecular formula is C19H23N3O2. The van der Waals surface area contributed by atoms with Gasteiger partial charge in [-0.25, -0.2) is 0 Å². The van der Waals surface area contributed by atoms with Gasteiger partial charge in [0.2, 0.25) is 11.8 Å². The van der Waals surface area contributed by atoms with Crippen LogP contribution in [-0.2, 0) is 16.0 Å². The van der Waals surface area contributed by atoms with Gasteiger partial charge >= 0.3 is 0 Å². The molecule has 24 heavy (non-hydrogen) atoms. The maximum absolute atomic E-state index is 13.1. The van der Waals surface area contributed by atoms with Crippen LogP contribution >= 0.6 is 0 Å². The molecule has 2 amide bonds. The molecule has 1 aliphatic carbocycles. The highest BCUT2D eigenvalue weighted by atomic mass is 16.2. The van der Waals surface area contributed by atoms with E-state index in [2.05, 4.69) is 23.2 Å². The zero-order chi connectivity index (χ0) is 16.7. The number of para-hydroxylation sites is 1. The molecule has 1 aromatic heterocycles. The minimum absolute atomic E-state index is 0.0648. The molecular weight excluding hydrogens is 302 g/mol. The molecule has 5 nitrogen and oxygen atoms in total. The van der Waals surface area contributed by atoms with Crippen LogP contribution in [0, 0.1) is 0 Å². The number of piperazine rings is 1. The Balaban J connectivity index is 1.58.